The first-order valence-electron chi connectivity index (χ1n) is 10.0. The van der Waals surface area contributed by atoms with Gasteiger partial charge >= 0.3 is 0 Å². The van der Waals surface area contributed by atoms with Gasteiger partial charge < -0.3 is 20.3 Å². The van der Waals surface area contributed by atoms with Crippen LogP contribution in [0.5, 0.6) is 0 Å². The molecule has 6 heteroatoms. The van der Waals surface area contributed by atoms with E-state index < -0.39 is 0 Å². The van der Waals surface area contributed by atoms with Gasteiger partial charge in [0.25, 0.3) is 0 Å². The predicted molar refractivity (Wildman–Crippen MR) is 110 cm³/mol. The summed E-state index contributed by atoms with van der Waals surface area (Å²) >= 11 is 2.02. The van der Waals surface area contributed by atoms with Gasteiger partial charge in [-0.3, -0.25) is 4.99 Å². The maximum absolute atomic E-state index is 5.18. The molecule has 25 heavy (non-hydrogen) atoms. The van der Waals surface area contributed by atoms with E-state index in [4.69, 9.17) is 9.73 Å². The molecule has 1 aliphatic heterocycles. The standard InChI is InChI=1S/C19H38N4OS/c1-4-20-19(22-17-6-5-7-18(14-17)25-3)21-15-16-8-10-23(11-9-16)12-13-24-2/h16-18H,4-15H2,1-3H3,(H2,20,21,22). The molecule has 2 aliphatic rings. The summed E-state index contributed by atoms with van der Waals surface area (Å²) in [6.07, 6.45) is 10.0. The van der Waals surface area contributed by atoms with E-state index in [1.54, 1.807) is 7.11 Å². The van der Waals surface area contributed by atoms with Crippen molar-refractivity contribution in [3.8, 4) is 0 Å². The lowest BCUT2D eigenvalue weighted by Crippen LogP contribution is -2.46. The number of guanidine groups is 1. The van der Waals surface area contributed by atoms with Crippen molar-refractivity contribution >= 4 is 17.7 Å². The highest BCUT2D eigenvalue weighted by atomic mass is 32.2. The topological polar surface area (TPSA) is 48.9 Å². The zero-order valence-corrected chi connectivity index (χ0v) is 17.2. The number of nitrogens with one attached hydrogen (secondary N) is 2. The van der Waals surface area contributed by atoms with Crippen LogP contribution >= 0.6 is 11.8 Å². The molecule has 2 N–H and O–H groups in total. The van der Waals surface area contributed by atoms with Crippen molar-refractivity contribution < 1.29 is 4.74 Å². The van der Waals surface area contributed by atoms with Crippen LogP contribution in [-0.2, 0) is 4.74 Å². The molecule has 0 aromatic rings. The second-order valence-electron chi connectivity index (χ2n) is 7.36. The average molecular weight is 371 g/mol. The summed E-state index contributed by atoms with van der Waals surface area (Å²) in [4.78, 5) is 7.43. The Morgan fingerprint density at radius 2 is 2.04 bits per heavy atom. The van der Waals surface area contributed by atoms with Crippen LogP contribution < -0.4 is 10.6 Å². The molecule has 1 saturated carbocycles. The molecule has 2 rings (SSSR count). The fraction of sp³-hybridized carbons (Fsp3) is 0.947. The van der Waals surface area contributed by atoms with Crippen LogP contribution in [-0.4, -0.2) is 74.8 Å². The average Bonchev–Trinajstić information content (AvgIpc) is 2.65. The van der Waals surface area contributed by atoms with Gasteiger partial charge in [0.2, 0.25) is 0 Å². The molecule has 0 radical (unpaired) electrons. The van der Waals surface area contributed by atoms with E-state index in [1.807, 2.05) is 11.8 Å². The molecule has 1 saturated heterocycles. The lowest BCUT2D eigenvalue weighted by Gasteiger charge is -2.32. The molecule has 0 aromatic carbocycles. The third-order valence-corrected chi connectivity index (χ3v) is 6.57. The Bertz CT molecular complexity index is 386. The highest BCUT2D eigenvalue weighted by molar-refractivity contribution is 7.99. The molecular weight excluding hydrogens is 332 g/mol. The number of piperidine rings is 1. The first-order valence-corrected chi connectivity index (χ1v) is 11.3. The van der Waals surface area contributed by atoms with Gasteiger partial charge in [0.05, 0.1) is 6.61 Å². The molecule has 0 bridgehead atoms. The monoisotopic (exact) mass is 370 g/mol. The summed E-state index contributed by atoms with van der Waals surface area (Å²) in [6, 6.07) is 0.583. The number of aliphatic imine (C=N–C) groups is 1. The van der Waals surface area contributed by atoms with E-state index in [0.29, 0.717) is 6.04 Å². The molecule has 0 aromatic heterocycles. The van der Waals surface area contributed by atoms with Crippen molar-refractivity contribution in [2.24, 2.45) is 10.9 Å². The highest BCUT2D eigenvalue weighted by Crippen LogP contribution is 2.26. The normalized spacial score (nSPS) is 26.6. The molecule has 0 spiro atoms. The Kier molecular flexibility index (Phi) is 10.0. The third kappa shape index (κ3) is 7.75. The van der Waals surface area contributed by atoms with Crippen molar-refractivity contribution in [2.45, 2.75) is 56.7 Å². The molecule has 2 atom stereocenters. The van der Waals surface area contributed by atoms with Gasteiger partial charge in [-0.25, -0.2) is 0 Å². The van der Waals surface area contributed by atoms with Crippen molar-refractivity contribution in [2.75, 3.05) is 52.7 Å². The van der Waals surface area contributed by atoms with Crippen LogP contribution in [0.1, 0.15) is 45.4 Å². The minimum Gasteiger partial charge on any atom is -0.383 e. The summed E-state index contributed by atoms with van der Waals surface area (Å²) in [5.74, 6) is 1.75. The molecule has 1 heterocycles. The van der Waals surface area contributed by atoms with Gasteiger partial charge in [-0.1, -0.05) is 6.42 Å². The SMILES string of the molecule is CCNC(=NCC1CCN(CCOC)CC1)NC1CCCC(SC)C1. The van der Waals surface area contributed by atoms with E-state index in [-0.39, 0.29) is 0 Å². The van der Waals surface area contributed by atoms with Gasteiger partial charge in [-0.2, -0.15) is 11.8 Å². The van der Waals surface area contributed by atoms with E-state index in [2.05, 4.69) is 28.7 Å². The second-order valence-corrected chi connectivity index (χ2v) is 8.50. The van der Waals surface area contributed by atoms with Gasteiger partial charge in [0.1, 0.15) is 0 Å². The van der Waals surface area contributed by atoms with Crippen LogP contribution in [0.15, 0.2) is 4.99 Å². The quantitative estimate of drug-likeness (QED) is 0.508. The fourth-order valence-corrected chi connectivity index (χ4v) is 4.66. The number of likely N-dealkylation sites (tertiary alicyclic amines) is 1. The number of rotatable bonds is 8. The van der Waals surface area contributed by atoms with Gasteiger partial charge in [0.15, 0.2) is 5.96 Å². The van der Waals surface area contributed by atoms with Crippen LogP contribution in [0, 0.1) is 5.92 Å². The van der Waals surface area contributed by atoms with Gasteiger partial charge in [-0.15, -0.1) is 0 Å². The summed E-state index contributed by atoms with van der Waals surface area (Å²) in [5.41, 5.74) is 0. The molecule has 2 unspecified atom stereocenters. The minimum atomic E-state index is 0.583. The number of nitrogens with zero attached hydrogens (tertiary/aromatic N) is 2. The first kappa shape index (κ1) is 20.8. The van der Waals surface area contributed by atoms with Gasteiger partial charge in [-0.05, 0) is 64.3 Å². The summed E-state index contributed by atoms with van der Waals surface area (Å²) in [6.45, 7) is 8.31. The number of hydrogen-bond acceptors (Lipinski definition) is 4. The number of hydrogen-bond donors (Lipinski definition) is 2. The van der Waals surface area contributed by atoms with Gasteiger partial charge in [0, 0.05) is 38.0 Å². The molecule has 0 amide bonds. The highest BCUT2D eigenvalue weighted by Gasteiger charge is 2.22. The summed E-state index contributed by atoms with van der Waals surface area (Å²) in [7, 11) is 1.78. The fourth-order valence-electron chi connectivity index (χ4n) is 3.84. The van der Waals surface area contributed by atoms with E-state index in [9.17, 15) is 0 Å². The third-order valence-electron chi connectivity index (χ3n) is 5.47. The largest absolute Gasteiger partial charge is 0.383 e. The van der Waals surface area contributed by atoms with Crippen LogP contribution in [0.25, 0.3) is 0 Å². The Hall–Kier alpha value is -0.460. The van der Waals surface area contributed by atoms with Crippen molar-refractivity contribution in [3.05, 3.63) is 0 Å². The first-order chi connectivity index (χ1) is 12.2. The van der Waals surface area contributed by atoms with Crippen LogP contribution in [0.3, 0.4) is 0 Å². The second kappa shape index (κ2) is 12.0. The lowest BCUT2D eigenvalue weighted by atomic mass is 9.95. The van der Waals surface area contributed by atoms with E-state index in [1.165, 1.54) is 51.6 Å². The summed E-state index contributed by atoms with van der Waals surface area (Å²) < 4.78 is 5.18. The molecular formula is C19H38N4OS. The number of methoxy groups -OCH3 is 1. The van der Waals surface area contributed by atoms with Crippen molar-refractivity contribution in [1.29, 1.82) is 0 Å². The Balaban J connectivity index is 1.75. The Morgan fingerprint density at radius 1 is 1.24 bits per heavy atom. The molecule has 2 fully saturated rings. The molecule has 5 nitrogen and oxygen atoms in total. The number of ether oxygens (including phenoxy) is 1. The maximum Gasteiger partial charge on any atom is 0.191 e. The predicted octanol–water partition coefficient (Wildman–Crippen LogP) is 2.57. The Morgan fingerprint density at radius 3 is 2.72 bits per heavy atom. The smallest absolute Gasteiger partial charge is 0.191 e. The Labute approximate surface area is 158 Å². The van der Waals surface area contributed by atoms with Crippen molar-refractivity contribution in [1.82, 2.24) is 15.5 Å². The van der Waals surface area contributed by atoms with Crippen molar-refractivity contribution in [3.63, 3.8) is 0 Å². The molecule has 146 valence electrons. The zero-order chi connectivity index (χ0) is 17.9. The number of thioether (sulfide) groups is 1. The zero-order valence-electron chi connectivity index (χ0n) is 16.4. The lowest BCUT2D eigenvalue weighted by molar-refractivity contribution is 0.121. The van der Waals surface area contributed by atoms with E-state index >= 15 is 0 Å². The summed E-state index contributed by atoms with van der Waals surface area (Å²) in [5, 5.41) is 7.95. The maximum atomic E-state index is 5.18. The molecule has 1 aliphatic carbocycles. The van der Waals surface area contributed by atoms with E-state index in [0.717, 1.165) is 43.4 Å². The van der Waals surface area contributed by atoms with Crippen LogP contribution in [0.4, 0.5) is 0 Å². The van der Waals surface area contributed by atoms with Crippen LogP contribution in [0.2, 0.25) is 0 Å². The minimum absolute atomic E-state index is 0.583.